The van der Waals surface area contributed by atoms with E-state index >= 15 is 0 Å². The van der Waals surface area contributed by atoms with E-state index < -0.39 is 30.6 Å². The summed E-state index contributed by atoms with van der Waals surface area (Å²) in [6, 6.07) is 2.50. The molecule has 0 saturated heterocycles. The fraction of sp³-hybridized carbons (Fsp3) is 0.200. The number of benzene rings is 1. The Hall–Kier alpha value is -2.01. The zero-order chi connectivity index (χ0) is 15.8. The standard InChI is InChI=1S/C10H11FN4O4S2/c1-6-12-10(14-13-6)15-21(18,19)9-5-7(20(2,16)17)3-4-8(9)11/h3-5H,1-2H3,(H2,12,13,14,15). The first-order valence-corrected chi connectivity index (χ1v) is 8.88. The van der Waals surface area contributed by atoms with Gasteiger partial charge in [-0.1, -0.05) is 0 Å². The van der Waals surface area contributed by atoms with Crippen molar-refractivity contribution in [2.75, 3.05) is 11.0 Å². The first-order valence-electron chi connectivity index (χ1n) is 5.51. The van der Waals surface area contributed by atoms with Crippen LogP contribution in [0.1, 0.15) is 5.82 Å². The fourth-order valence-electron chi connectivity index (χ4n) is 1.48. The zero-order valence-electron chi connectivity index (χ0n) is 11.0. The Morgan fingerprint density at radius 2 is 1.90 bits per heavy atom. The number of aryl methyl sites for hydroxylation is 1. The van der Waals surface area contributed by atoms with Crippen LogP contribution in [0, 0.1) is 12.7 Å². The first kappa shape index (κ1) is 15.4. The molecule has 0 radical (unpaired) electrons. The Balaban J connectivity index is 2.49. The molecule has 11 heteroatoms. The molecule has 0 bridgehead atoms. The number of anilines is 1. The van der Waals surface area contributed by atoms with E-state index in [4.69, 9.17) is 0 Å². The van der Waals surface area contributed by atoms with Gasteiger partial charge in [0, 0.05) is 6.26 Å². The van der Waals surface area contributed by atoms with Gasteiger partial charge in [0.25, 0.3) is 16.0 Å². The van der Waals surface area contributed by atoms with Crippen molar-refractivity contribution in [3.8, 4) is 0 Å². The lowest BCUT2D eigenvalue weighted by Crippen LogP contribution is -2.16. The van der Waals surface area contributed by atoms with Gasteiger partial charge in [0.05, 0.1) is 4.90 Å². The van der Waals surface area contributed by atoms with Crippen LogP contribution in [-0.2, 0) is 19.9 Å². The van der Waals surface area contributed by atoms with Gasteiger partial charge < -0.3 is 0 Å². The smallest absolute Gasteiger partial charge is 0.261 e. The van der Waals surface area contributed by atoms with Crippen LogP contribution in [0.5, 0.6) is 0 Å². The molecule has 0 saturated carbocycles. The minimum Gasteiger partial charge on any atom is -0.261 e. The lowest BCUT2D eigenvalue weighted by atomic mass is 10.3. The minimum absolute atomic E-state index is 0.267. The average molecular weight is 334 g/mol. The number of H-pyrrole nitrogens is 1. The van der Waals surface area contributed by atoms with Gasteiger partial charge in [0.2, 0.25) is 0 Å². The maximum atomic E-state index is 13.7. The molecule has 2 N–H and O–H groups in total. The van der Waals surface area contributed by atoms with Crippen LogP contribution in [0.15, 0.2) is 28.0 Å². The predicted octanol–water partition coefficient (Wildman–Crippen LogP) is 0.457. The number of hydrogen-bond acceptors (Lipinski definition) is 6. The van der Waals surface area contributed by atoms with Gasteiger partial charge >= 0.3 is 0 Å². The monoisotopic (exact) mass is 334 g/mol. The molecule has 0 amide bonds. The Morgan fingerprint density at radius 1 is 1.24 bits per heavy atom. The maximum Gasteiger partial charge on any atom is 0.267 e. The molecule has 8 nitrogen and oxygen atoms in total. The molecule has 2 aromatic rings. The van der Waals surface area contributed by atoms with Crippen LogP contribution < -0.4 is 4.72 Å². The summed E-state index contributed by atoms with van der Waals surface area (Å²) >= 11 is 0. The van der Waals surface area contributed by atoms with E-state index in [1.807, 2.05) is 4.72 Å². The number of aromatic amines is 1. The summed E-state index contributed by atoms with van der Waals surface area (Å²) in [5.74, 6) is -0.989. The van der Waals surface area contributed by atoms with Gasteiger partial charge in [-0.05, 0) is 25.1 Å². The quantitative estimate of drug-likeness (QED) is 0.783. The van der Waals surface area contributed by atoms with Crippen LogP contribution in [0.3, 0.4) is 0 Å². The molecule has 1 aromatic carbocycles. The molecular formula is C10H11FN4O4S2. The molecule has 21 heavy (non-hydrogen) atoms. The number of hydrogen-bond donors (Lipinski definition) is 2. The third-order valence-electron chi connectivity index (χ3n) is 2.44. The van der Waals surface area contributed by atoms with E-state index in [1.54, 1.807) is 6.92 Å². The summed E-state index contributed by atoms with van der Waals surface area (Å²) in [6.45, 7) is 1.55. The van der Waals surface area contributed by atoms with E-state index in [9.17, 15) is 21.2 Å². The highest BCUT2D eigenvalue weighted by Crippen LogP contribution is 2.21. The van der Waals surface area contributed by atoms with Gasteiger partial charge in [0.15, 0.2) is 9.84 Å². The predicted molar refractivity (Wildman–Crippen MR) is 71.4 cm³/mol. The van der Waals surface area contributed by atoms with Crippen molar-refractivity contribution >= 4 is 25.8 Å². The zero-order valence-corrected chi connectivity index (χ0v) is 12.6. The van der Waals surface area contributed by atoms with Crippen molar-refractivity contribution in [1.29, 1.82) is 0 Å². The average Bonchev–Trinajstić information content (AvgIpc) is 2.72. The first-order chi connectivity index (χ1) is 9.59. The van der Waals surface area contributed by atoms with Gasteiger partial charge in [-0.15, -0.1) is 5.10 Å². The Kier molecular flexibility index (Phi) is 3.72. The van der Waals surface area contributed by atoms with Gasteiger partial charge in [-0.3, -0.25) is 5.10 Å². The number of aromatic nitrogens is 3. The molecule has 0 aliphatic carbocycles. The highest BCUT2D eigenvalue weighted by Gasteiger charge is 2.23. The Bertz CT molecular complexity index is 890. The Morgan fingerprint density at radius 3 is 2.43 bits per heavy atom. The second-order valence-corrected chi connectivity index (χ2v) is 7.88. The lowest BCUT2D eigenvalue weighted by molar-refractivity contribution is 0.567. The summed E-state index contributed by atoms with van der Waals surface area (Å²) in [5.41, 5.74) is 0. The van der Waals surface area contributed by atoms with Crippen LogP contribution in [0.2, 0.25) is 0 Å². The summed E-state index contributed by atoms with van der Waals surface area (Å²) in [7, 11) is -8.02. The number of sulfonamides is 1. The molecule has 0 aliphatic heterocycles. The Labute approximate surface area is 120 Å². The molecule has 114 valence electrons. The number of sulfone groups is 1. The van der Waals surface area contributed by atoms with Gasteiger partial charge in [0.1, 0.15) is 16.5 Å². The highest BCUT2D eigenvalue weighted by atomic mass is 32.2. The molecule has 0 aliphatic rings. The van der Waals surface area contributed by atoms with Crippen molar-refractivity contribution in [2.45, 2.75) is 16.7 Å². The van der Waals surface area contributed by atoms with E-state index in [1.165, 1.54) is 0 Å². The van der Waals surface area contributed by atoms with Crippen molar-refractivity contribution in [3.05, 3.63) is 29.8 Å². The normalized spacial score (nSPS) is 12.3. The SMILES string of the molecule is Cc1nc(NS(=O)(=O)c2cc(S(C)(=O)=O)ccc2F)n[nH]1. The van der Waals surface area contributed by atoms with Crippen LogP contribution >= 0.6 is 0 Å². The number of halogens is 1. The van der Waals surface area contributed by atoms with Crippen molar-refractivity contribution in [1.82, 2.24) is 15.2 Å². The highest BCUT2D eigenvalue weighted by molar-refractivity contribution is 7.93. The summed E-state index contributed by atoms with van der Waals surface area (Å²) in [5, 5.41) is 5.98. The molecule has 0 atom stereocenters. The van der Waals surface area contributed by atoms with E-state index in [0.29, 0.717) is 5.82 Å². The van der Waals surface area contributed by atoms with Gasteiger partial charge in [-0.2, -0.15) is 4.98 Å². The lowest BCUT2D eigenvalue weighted by Gasteiger charge is -2.07. The molecule has 0 unspecified atom stereocenters. The summed E-state index contributed by atoms with van der Waals surface area (Å²) in [6.07, 6.45) is 0.892. The third-order valence-corrected chi connectivity index (χ3v) is 4.90. The molecular weight excluding hydrogens is 323 g/mol. The molecule has 1 heterocycles. The van der Waals surface area contributed by atoms with E-state index in [0.717, 1.165) is 24.5 Å². The van der Waals surface area contributed by atoms with E-state index in [-0.39, 0.29) is 10.8 Å². The largest absolute Gasteiger partial charge is 0.267 e. The fourth-order valence-corrected chi connectivity index (χ4v) is 3.25. The number of nitrogens with one attached hydrogen (secondary N) is 2. The minimum atomic E-state index is -4.35. The van der Waals surface area contributed by atoms with Crippen LogP contribution in [-0.4, -0.2) is 38.3 Å². The topological polar surface area (TPSA) is 122 Å². The maximum absolute atomic E-state index is 13.7. The second kappa shape index (κ2) is 5.07. The summed E-state index contributed by atoms with van der Waals surface area (Å²) < 4.78 is 62.6. The number of rotatable bonds is 4. The molecule has 1 aromatic heterocycles. The third kappa shape index (κ3) is 3.36. The van der Waals surface area contributed by atoms with Crippen LogP contribution in [0.25, 0.3) is 0 Å². The van der Waals surface area contributed by atoms with Crippen LogP contribution in [0.4, 0.5) is 10.3 Å². The molecule has 0 fully saturated rings. The second-order valence-electron chi connectivity index (χ2n) is 4.21. The summed E-state index contributed by atoms with van der Waals surface area (Å²) in [4.78, 5) is 2.62. The van der Waals surface area contributed by atoms with Crippen molar-refractivity contribution in [2.24, 2.45) is 0 Å². The van der Waals surface area contributed by atoms with E-state index in [2.05, 4.69) is 15.2 Å². The molecule has 2 rings (SSSR count). The van der Waals surface area contributed by atoms with Gasteiger partial charge in [-0.25, -0.2) is 25.9 Å². The van der Waals surface area contributed by atoms with Crippen molar-refractivity contribution in [3.63, 3.8) is 0 Å². The van der Waals surface area contributed by atoms with Crippen molar-refractivity contribution < 1.29 is 21.2 Å². The molecule has 0 spiro atoms. The number of nitrogens with zero attached hydrogens (tertiary/aromatic N) is 2.